The molecule has 1 aliphatic carbocycles. The molecule has 8 aromatic rings. The average molecular weight is 572 g/mol. The molecule has 2 nitrogen and oxygen atoms in total. The van der Waals surface area contributed by atoms with Crippen molar-refractivity contribution in [2.24, 2.45) is 0 Å². The largest absolute Gasteiger partial charge is 0.308 e. The van der Waals surface area contributed by atoms with Gasteiger partial charge < -0.3 is 4.40 Å². The first kappa shape index (κ1) is 19.6. The van der Waals surface area contributed by atoms with E-state index in [0.717, 1.165) is 0 Å². The lowest BCUT2D eigenvalue weighted by Gasteiger charge is -2.21. The fraction of sp³-hybridized carbons (Fsp3) is 0.0909. The summed E-state index contributed by atoms with van der Waals surface area (Å²) >= 11 is 2.47. The van der Waals surface area contributed by atoms with Crippen LogP contribution in [0.2, 0.25) is 0 Å². The van der Waals surface area contributed by atoms with E-state index < -0.39 is 0 Å². The van der Waals surface area contributed by atoms with Crippen molar-refractivity contribution in [1.29, 1.82) is 0 Å². The van der Waals surface area contributed by atoms with E-state index in [-0.39, 0.29) is 5.41 Å². The molecular weight excluding hydrogens is 551 g/mol. The topological polar surface area (TPSA) is 9.34 Å². The summed E-state index contributed by atoms with van der Waals surface area (Å²) in [6, 6.07) is 34.1. The number of para-hydroxylation sites is 1. The molecular formula is C33H21IN2. The number of fused-ring (bicyclic) bond motifs is 9. The van der Waals surface area contributed by atoms with Crippen LogP contribution in [-0.2, 0) is 5.41 Å². The first-order valence-electron chi connectivity index (χ1n) is 12.5. The fourth-order valence-electron chi connectivity index (χ4n) is 7.24. The van der Waals surface area contributed by atoms with Crippen molar-refractivity contribution in [3.05, 3.63) is 102 Å². The van der Waals surface area contributed by atoms with Gasteiger partial charge in [-0.1, -0.05) is 74.5 Å². The third kappa shape index (κ3) is 2.01. The zero-order chi connectivity index (χ0) is 23.9. The first-order valence-corrected chi connectivity index (χ1v) is 13.5. The van der Waals surface area contributed by atoms with Crippen LogP contribution >= 0.6 is 22.9 Å². The first-order chi connectivity index (χ1) is 17.6. The Morgan fingerprint density at radius 2 is 1.25 bits per heavy atom. The molecule has 3 heterocycles. The van der Waals surface area contributed by atoms with Gasteiger partial charge >= 0.3 is 0 Å². The van der Waals surface area contributed by atoms with Gasteiger partial charge in [0.2, 0.25) is 0 Å². The van der Waals surface area contributed by atoms with E-state index >= 15 is 0 Å². The van der Waals surface area contributed by atoms with Gasteiger partial charge in [-0.15, -0.1) is 0 Å². The van der Waals surface area contributed by atoms with Gasteiger partial charge in [-0.25, -0.2) is 0 Å². The highest BCUT2D eigenvalue weighted by molar-refractivity contribution is 14.1. The van der Waals surface area contributed by atoms with Crippen LogP contribution in [0.5, 0.6) is 0 Å². The van der Waals surface area contributed by atoms with Gasteiger partial charge in [-0.2, -0.15) is 0 Å². The van der Waals surface area contributed by atoms with Crippen LogP contribution in [0.15, 0.2) is 91.0 Å². The van der Waals surface area contributed by atoms with E-state index in [1.165, 1.54) is 82.2 Å². The van der Waals surface area contributed by atoms with E-state index in [1.807, 2.05) is 0 Å². The zero-order valence-corrected chi connectivity index (χ0v) is 22.1. The molecule has 0 aliphatic heterocycles. The minimum Gasteiger partial charge on any atom is -0.308 e. The van der Waals surface area contributed by atoms with Gasteiger partial charge in [0.15, 0.2) is 0 Å². The van der Waals surface area contributed by atoms with E-state index in [1.54, 1.807) is 0 Å². The lowest BCUT2D eigenvalue weighted by molar-refractivity contribution is 0.661. The molecule has 170 valence electrons. The van der Waals surface area contributed by atoms with E-state index in [4.69, 9.17) is 0 Å². The summed E-state index contributed by atoms with van der Waals surface area (Å²) in [7, 11) is 0. The molecule has 0 N–H and O–H groups in total. The summed E-state index contributed by atoms with van der Waals surface area (Å²) in [6.07, 6.45) is 0. The van der Waals surface area contributed by atoms with Crippen molar-refractivity contribution in [3.8, 4) is 11.1 Å². The number of benzene rings is 5. The second-order valence-corrected chi connectivity index (χ2v) is 11.7. The molecule has 0 saturated heterocycles. The highest BCUT2D eigenvalue weighted by Gasteiger charge is 2.38. The minimum absolute atomic E-state index is 0.0581. The average Bonchev–Trinajstić information content (AvgIpc) is 3.44. The number of halogens is 1. The van der Waals surface area contributed by atoms with E-state index in [2.05, 4.69) is 135 Å². The Bertz CT molecular complexity index is 2240. The molecule has 0 amide bonds. The maximum atomic E-state index is 2.55. The number of hydrogen-bond acceptors (Lipinski definition) is 0. The Labute approximate surface area is 221 Å². The molecule has 1 aliphatic rings. The summed E-state index contributed by atoms with van der Waals surface area (Å²) < 4.78 is 4.88. The monoisotopic (exact) mass is 572 g/mol. The van der Waals surface area contributed by atoms with Gasteiger partial charge in [0.05, 0.1) is 50.4 Å². The molecule has 0 saturated carbocycles. The Balaban J connectivity index is 1.74. The minimum atomic E-state index is -0.0581. The number of aromatic nitrogens is 2. The Hall–Kier alpha value is -3.57. The van der Waals surface area contributed by atoms with Crippen molar-refractivity contribution < 1.29 is 0 Å². The van der Waals surface area contributed by atoms with E-state index in [9.17, 15) is 0 Å². The van der Waals surface area contributed by atoms with Crippen molar-refractivity contribution >= 4 is 82.8 Å². The van der Waals surface area contributed by atoms with Crippen molar-refractivity contribution in [2.75, 3.05) is 0 Å². The molecule has 36 heavy (non-hydrogen) atoms. The number of rotatable bonds is 0. The molecule has 0 spiro atoms. The molecule has 5 aromatic carbocycles. The van der Waals surface area contributed by atoms with Crippen LogP contribution in [0.25, 0.3) is 71.0 Å². The van der Waals surface area contributed by atoms with Crippen molar-refractivity contribution in [2.45, 2.75) is 19.3 Å². The maximum absolute atomic E-state index is 2.55. The summed E-state index contributed by atoms with van der Waals surface area (Å²) in [5, 5.41) is 8.10. The van der Waals surface area contributed by atoms with Gasteiger partial charge in [0.25, 0.3) is 0 Å². The third-order valence-corrected chi connectivity index (χ3v) is 9.79. The smallest absolute Gasteiger partial charge is 0.0646 e. The number of hydrogen-bond donors (Lipinski definition) is 0. The van der Waals surface area contributed by atoms with E-state index in [0.29, 0.717) is 0 Å². The summed E-state index contributed by atoms with van der Waals surface area (Å²) in [4.78, 5) is 0. The Morgan fingerprint density at radius 1 is 0.583 bits per heavy atom. The molecule has 0 unspecified atom stereocenters. The van der Waals surface area contributed by atoms with Crippen LogP contribution < -0.4 is 0 Å². The van der Waals surface area contributed by atoms with Gasteiger partial charge in [-0.3, -0.25) is 2.78 Å². The quantitative estimate of drug-likeness (QED) is 0.160. The SMILES string of the molecule is CC1(C)c2ccccc2-c2c1cc1c3cccc4c3c3c(cccc3n3c5ccccc5c2c13)n4I. The van der Waals surface area contributed by atoms with Crippen molar-refractivity contribution in [1.82, 2.24) is 7.18 Å². The van der Waals surface area contributed by atoms with Crippen LogP contribution in [0.3, 0.4) is 0 Å². The molecule has 9 rings (SSSR count). The molecule has 3 aromatic heterocycles. The normalized spacial score (nSPS) is 14.8. The highest BCUT2D eigenvalue weighted by atomic mass is 127. The molecule has 0 atom stereocenters. The molecule has 0 radical (unpaired) electrons. The van der Waals surface area contributed by atoms with Crippen molar-refractivity contribution in [3.63, 3.8) is 0 Å². The zero-order valence-electron chi connectivity index (χ0n) is 19.9. The third-order valence-electron chi connectivity index (χ3n) is 8.75. The maximum Gasteiger partial charge on any atom is 0.0646 e. The van der Waals surface area contributed by atoms with Crippen LogP contribution in [0, 0.1) is 0 Å². The Morgan fingerprint density at radius 3 is 2.14 bits per heavy atom. The van der Waals surface area contributed by atoms with Gasteiger partial charge in [-0.05, 0) is 58.0 Å². The predicted octanol–water partition coefficient (Wildman–Crippen LogP) is 9.45. The van der Waals surface area contributed by atoms with Crippen LogP contribution in [0.1, 0.15) is 25.0 Å². The summed E-state index contributed by atoms with van der Waals surface area (Å²) in [6.45, 7) is 4.78. The molecule has 3 heteroatoms. The lowest BCUT2D eigenvalue weighted by atomic mass is 9.81. The standard InChI is InChI=1S/C33H21IN2/c1-33(2)22-12-5-3-9-19(22)28-23(33)17-21-18-11-7-15-26-29(18)31-25(14-8-16-27(31)36(26)34)35-24-13-6-4-10-20(24)30(28)32(21)35/h3-17H,1-2H3. The molecule has 0 fully saturated rings. The predicted molar refractivity (Wildman–Crippen MR) is 161 cm³/mol. The number of nitrogens with zero attached hydrogens (tertiary/aromatic N) is 2. The van der Waals surface area contributed by atoms with Gasteiger partial charge in [0.1, 0.15) is 0 Å². The lowest BCUT2D eigenvalue weighted by Crippen LogP contribution is -2.14. The highest BCUT2D eigenvalue weighted by Crippen LogP contribution is 2.55. The fourth-order valence-corrected chi connectivity index (χ4v) is 8.05. The van der Waals surface area contributed by atoms with Gasteiger partial charge in [0, 0.05) is 32.3 Å². The second-order valence-electron chi connectivity index (χ2n) is 10.7. The molecule has 0 bridgehead atoms. The summed E-state index contributed by atoms with van der Waals surface area (Å²) in [5.74, 6) is 0. The summed E-state index contributed by atoms with van der Waals surface area (Å²) in [5.41, 5.74) is 12.0. The second kappa shape index (κ2) is 6.22. The Kier molecular flexibility index (Phi) is 3.38. The van der Waals surface area contributed by atoms with Crippen LogP contribution in [0.4, 0.5) is 0 Å². The van der Waals surface area contributed by atoms with Crippen LogP contribution in [-0.4, -0.2) is 7.18 Å².